The minimum Gasteiger partial charge on any atom is -0.271 e. The Morgan fingerprint density at radius 3 is 2.85 bits per heavy atom. The van der Waals surface area contributed by atoms with Gasteiger partial charge in [0.1, 0.15) is 0 Å². The van der Waals surface area contributed by atoms with Gasteiger partial charge < -0.3 is 0 Å². The molecule has 0 aliphatic heterocycles. The Hall–Kier alpha value is -0.870. The first-order chi connectivity index (χ1) is 9.79. The third kappa shape index (κ3) is 1.92. The number of nitrogens with one attached hydrogen (secondary N) is 1. The van der Waals surface area contributed by atoms with Gasteiger partial charge in [0.05, 0.1) is 10.4 Å². The van der Waals surface area contributed by atoms with E-state index in [9.17, 15) is 0 Å². The molecule has 4 rings (SSSR count). The Kier molecular flexibility index (Phi) is 3.11. The first kappa shape index (κ1) is 12.8. The highest BCUT2D eigenvalue weighted by atomic mass is 35.5. The average molecular weight is 305 g/mol. The molecule has 20 heavy (non-hydrogen) atoms. The highest BCUT2D eigenvalue weighted by Crippen LogP contribution is 2.64. The van der Waals surface area contributed by atoms with Crippen LogP contribution in [0.3, 0.4) is 0 Å². The van der Waals surface area contributed by atoms with Gasteiger partial charge in [0.2, 0.25) is 0 Å². The van der Waals surface area contributed by atoms with Crippen LogP contribution >= 0.6 is 22.9 Å². The zero-order valence-electron chi connectivity index (χ0n) is 11.1. The molecule has 4 unspecified atom stereocenters. The number of hydrazine groups is 1. The number of thiophene rings is 1. The second-order valence-electron chi connectivity index (χ2n) is 5.79. The van der Waals surface area contributed by atoms with Crippen LogP contribution in [0.25, 0.3) is 0 Å². The highest BCUT2D eigenvalue weighted by Gasteiger charge is 2.56. The molecule has 0 radical (unpaired) electrons. The lowest BCUT2D eigenvalue weighted by atomic mass is 9.92. The molecule has 0 spiro atoms. The van der Waals surface area contributed by atoms with Crippen molar-refractivity contribution in [2.24, 2.45) is 17.7 Å². The number of hydrogen-bond acceptors (Lipinski definition) is 3. The van der Waals surface area contributed by atoms with E-state index < -0.39 is 0 Å². The Morgan fingerprint density at radius 1 is 1.25 bits per heavy atom. The molecule has 4 heteroatoms. The van der Waals surface area contributed by atoms with E-state index in [0.717, 1.165) is 10.3 Å². The summed E-state index contributed by atoms with van der Waals surface area (Å²) in [6, 6.07) is 13.2. The maximum atomic E-state index is 6.07. The van der Waals surface area contributed by atoms with Crippen molar-refractivity contribution in [3.05, 3.63) is 56.7 Å². The summed E-state index contributed by atoms with van der Waals surface area (Å²) in [5.41, 5.74) is 6.10. The number of hydrogen-bond donors (Lipinski definition) is 2. The van der Waals surface area contributed by atoms with Gasteiger partial charge in [0.15, 0.2) is 0 Å². The van der Waals surface area contributed by atoms with Gasteiger partial charge in [0, 0.05) is 4.88 Å². The van der Waals surface area contributed by atoms with Crippen molar-refractivity contribution in [3.8, 4) is 0 Å². The minimum absolute atomic E-state index is 0.230. The van der Waals surface area contributed by atoms with Crippen LogP contribution in [0.1, 0.15) is 34.4 Å². The SMILES string of the molecule is NNC(c1ccc(Cl)s1)C1C2CCc3ccccc3C21. The van der Waals surface area contributed by atoms with Gasteiger partial charge in [0.25, 0.3) is 0 Å². The monoisotopic (exact) mass is 304 g/mol. The van der Waals surface area contributed by atoms with Gasteiger partial charge in [-0.25, -0.2) is 0 Å². The van der Waals surface area contributed by atoms with Crippen molar-refractivity contribution in [1.82, 2.24) is 5.43 Å². The second-order valence-corrected chi connectivity index (χ2v) is 7.54. The summed E-state index contributed by atoms with van der Waals surface area (Å²) < 4.78 is 0.837. The largest absolute Gasteiger partial charge is 0.271 e. The molecule has 4 atom stereocenters. The molecule has 1 aromatic heterocycles. The van der Waals surface area contributed by atoms with E-state index >= 15 is 0 Å². The van der Waals surface area contributed by atoms with Crippen molar-refractivity contribution in [3.63, 3.8) is 0 Å². The normalized spacial score (nSPS) is 28.6. The van der Waals surface area contributed by atoms with Gasteiger partial charge in [-0.3, -0.25) is 11.3 Å². The standard InChI is InChI=1S/C16H17ClN2S/c17-13-8-7-12(20-13)16(19-18)15-11-6-5-9-3-1-2-4-10(9)14(11)15/h1-4,7-8,11,14-16,19H,5-6,18H2. The van der Waals surface area contributed by atoms with Crippen LogP contribution in [-0.2, 0) is 6.42 Å². The van der Waals surface area contributed by atoms with Crippen LogP contribution in [-0.4, -0.2) is 0 Å². The first-order valence-corrected chi connectivity index (χ1v) is 8.28. The molecule has 2 aliphatic rings. The average Bonchev–Trinajstić information content (AvgIpc) is 3.05. The van der Waals surface area contributed by atoms with Crippen LogP contribution in [0.2, 0.25) is 4.34 Å². The van der Waals surface area contributed by atoms with E-state index in [1.165, 1.54) is 28.8 Å². The molecule has 2 aromatic rings. The van der Waals surface area contributed by atoms with Gasteiger partial charge in [-0.1, -0.05) is 35.9 Å². The molecule has 0 bridgehead atoms. The van der Waals surface area contributed by atoms with Crippen molar-refractivity contribution in [2.45, 2.75) is 24.8 Å². The number of rotatable bonds is 3. The maximum absolute atomic E-state index is 6.07. The lowest BCUT2D eigenvalue weighted by Crippen LogP contribution is -2.29. The summed E-state index contributed by atoms with van der Waals surface area (Å²) >= 11 is 7.71. The molecule has 1 heterocycles. The highest BCUT2D eigenvalue weighted by molar-refractivity contribution is 7.16. The number of aryl methyl sites for hydroxylation is 1. The van der Waals surface area contributed by atoms with Crippen molar-refractivity contribution in [1.29, 1.82) is 0 Å². The van der Waals surface area contributed by atoms with E-state index in [2.05, 4.69) is 35.8 Å². The molecule has 1 fully saturated rings. The summed E-state index contributed by atoms with van der Waals surface area (Å²) in [7, 11) is 0. The molecular weight excluding hydrogens is 288 g/mol. The summed E-state index contributed by atoms with van der Waals surface area (Å²) in [5.74, 6) is 7.89. The minimum atomic E-state index is 0.230. The third-order valence-corrected chi connectivity index (χ3v) is 6.17. The maximum Gasteiger partial charge on any atom is 0.0931 e. The molecule has 104 valence electrons. The summed E-state index contributed by atoms with van der Waals surface area (Å²) in [5, 5.41) is 0. The molecule has 0 saturated heterocycles. The van der Waals surface area contributed by atoms with Crippen molar-refractivity contribution in [2.75, 3.05) is 0 Å². The summed E-state index contributed by atoms with van der Waals surface area (Å²) in [4.78, 5) is 1.26. The Balaban J connectivity index is 1.65. The van der Waals surface area contributed by atoms with Gasteiger partial charge in [-0.15, -0.1) is 11.3 Å². The lowest BCUT2D eigenvalue weighted by molar-refractivity contribution is 0.466. The van der Waals surface area contributed by atoms with Gasteiger partial charge >= 0.3 is 0 Å². The number of fused-ring (bicyclic) bond motifs is 3. The summed E-state index contributed by atoms with van der Waals surface area (Å²) in [6.45, 7) is 0. The first-order valence-electron chi connectivity index (χ1n) is 7.09. The van der Waals surface area contributed by atoms with Crippen LogP contribution in [0.5, 0.6) is 0 Å². The number of nitrogens with two attached hydrogens (primary N) is 1. The zero-order valence-corrected chi connectivity index (χ0v) is 12.6. The molecule has 1 aromatic carbocycles. The molecule has 2 nitrogen and oxygen atoms in total. The molecule has 1 saturated carbocycles. The van der Waals surface area contributed by atoms with E-state index in [1.807, 2.05) is 6.07 Å². The fourth-order valence-corrected chi connectivity index (χ4v) is 5.13. The van der Waals surface area contributed by atoms with Crippen LogP contribution in [0.4, 0.5) is 0 Å². The zero-order chi connectivity index (χ0) is 13.7. The third-order valence-electron chi connectivity index (χ3n) is 4.86. The van der Waals surface area contributed by atoms with Crippen LogP contribution < -0.4 is 11.3 Å². The summed E-state index contributed by atoms with van der Waals surface area (Å²) in [6.07, 6.45) is 2.49. The molecular formula is C16H17ClN2S. The van der Waals surface area contributed by atoms with E-state index in [4.69, 9.17) is 17.4 Å². The topological polar surface area (TPSA) is 38.0 Å². The predicted molar refractivity (Wildman–Crippen MR) is 83.9 cm³/mol. The Morgan fingerprint density at radius 2 is 2.10 bits per heavy atom. The Bertz CT molecular complexity index is 639. The van der Waals surface area contributed by atoms with Crippen LogP contribution in [0, 0.1) is 11.8 Å². The second kappa shape index (κ2) is 4.85. The number of benzene rings is 1. The van der Waals surface area contributed by atoms with Crippen LogP contribution in [0.15, 0.2) is 36.4 Å². The predicted octanol–water partition coefficient (Wildman–Crippen LogP) is 3.88. The lowest BCUT2D eigenvalue weighted by Gasteiger charge is -2.14. The molecule has 3 N–H and O–H groups in total. The quantitative estimate of drug-likeness (QED) is 0.667. The van der Waals surface area contributed by atoms with Crippen molar-refractivity contribution >= 4 is 22.9 Å². The molecule has 2 aliphatic carbocycles. The van der Waals surface area contributed by atoms with E-state index in [0.29, 0.717) is 11.8 Å². The van der Waals surface area contributed by atoms with E-state index in [-0.39, 0.29) is 6.04 Å². The molecule has 0 amide bonds. The fraction of sp³-hybridized carbons (Fsp3) is 0.375. The smallest absolute Gasteiger partial charge is 0.0931 e. The van der Waals surface area contributed by atoms with Gasteiger partial charge in [-0.05, 0) is 53.9 Å². The van der Waals surface area contributed by atoms with E-state index in [1.54, 1.807) is 11.3 Å². The van der Waals surface area contributed by atoms with Crippen molar-refractivity contribution < 1.29 is 0 Å². The Labute approximate surface area is 127 Å². The fourth-order valence-electron chi connectivity index (χ4n) is 3.95. The number of halogens is 1. The van der Waals surface area contributed by atoms with Gasteiger partial charge in [-0.2, -0.15) is 0 Å².